The lowest BCUT2D eigenvalue weighted by molar-refractivity contribution is 0.194. The summed E-state index contributed by atoms with van der Waals surface area (Å²) in [6, 6.07) is 9.74. The van der Waals surface area contributed by atoms with Crippen molar-refractivity contribution in [2.24, 2.45) is 0 Å². The van der Waals surface area contributed by atoms with Crippen LogP contribution in [0.2, 0.25) is 0 Å². The molecule has 0 spiro atoms. The van der Waals surface area contributed by atoms with Crippen molar-refractivity contribution >= 4 is 15.2 Å². The van der Waals surface area contributed by atoms with E-state index in [0.29, 0.717) is 6.54 Å². The predicted molar refractivity (Wildman–Crippen MR) is 104 cm³/mol. The summed E-state index contributed by atoms with van der Waals surface area (Å²) in [4.78, 5) is 0. The highest BCUT2D eigenvalue weighted by Crippen LogP contribution is 2.70. The molecule has 1 N–H and O–H groups in total. The Hall–Kier alpha value is -0.520. The average Bonchev–Trinajstić information content (AvgIpc) is 2.60. The molecule has 150 valence electrons. The van der Waals surface area contributed by atoms with Crippen LogP contribution in [0.1, 0.15) is 33.3 Å². The molecular weight excluding hydrogens is 376 g/mol. The van der Waals surface area contributed by atoms with Crippen LogP contribution in [0.25, 0.3) is 0 Å². The number of rotatable bonds is 14. The van der Waals surface area contributed by atoms with E-state index in [4.69, 9.17) is 18.1 Å². The van der Waals surface area contributed by atoms with Gasteiger partial charge < -0.3 is 23.4 Å². The zero-order chi connectivity index (χ0) is 19.5. The highest BCUT2D eigenvalue weighted by atomic mass is 31.2. The first-order valence-corrected chi connectivity index (χ1v) is 12.2. The van der Waals surface area contributed by atoms with Crippen LogP contribution >= 0.6 is 15.2 Å². The second-order valence-electron chi connectivity index (χ2n) is 5.35. The van der Waals surface area contributed by atoms with Gasteiger partial charge in [-0.3, -0.25) is 9.13 Å². The molecule has 0 bridgehead atoms. The van der Waals surface area contributed by atoms with Crippen LogP contribution in [0.3, 0.4) is 0 Å². The van der Waals surface area contributed by atoms with Gasteiger partial charge in [0.1, 0.15) is 0 Å². The van der Waals surface area contributed by atoms with E-state index >= 15 is 0 Å². The third kappa shape index (κ3) is 6.90. The molecule has 1 aromatic carbocycles. The molecule has 0 atom stereocenters. The molecule has 0 radical (unpaired) electrons. The molecule has 0 heterocycles. The van der Waals surface area contributed by atoms with E-state index in [1.54, 1.807) is 27.7 Å². The van der Waals surface area contributed by atoms with Crippen LogP contribution in [0.5, 0.6) is 0 Å². The van der Waals surface area contributed by atoms with Crippen molar-refractivity contribution in [2.45, 2.75) is 39.6 Å². The molecule has 0 aliphatic heterocycles. The monoisotopic (exact) mass is 407 g/mol. The van der Waals surface area contributed by atoms with Crippen molar-refractivity contribution < 1.29 is 27.2 Å². The fourth-order valence-corrected chi connectivity index (χ4v) is 7.64. The summed E-state index contributed by atoms with van der Waals surface area (Å²) >= 11 is 0. The minimum absolute atomic E-state index is 0.115. The molecule has 7 nitrogen and oxygen atoms in total. The van der Waals surface area contributed by atoms with Gasteiger partial charge in [0.15, 0.2) is 5.40 Å². The lowest BCUT2D eigenvalue weighted by Crippen LogP contribution is -2.30. The number of benzene rings is 1. The Morgan fingerprint density at radius 3 is 1.62 bits per heavy atom. The van der Waals surface area contributed by atoms with Crippen molar-refractivity contribution in [2.75, 3.05) is 33.0 Å². The lowest BCUT2D eigenvalue weighted by atomic mass is 10.2. The third-order valence-corrected chi connectivity index (χ3v) is 9.46. The number of hydrogen-bond donors (Lipinski definition) is 1. The largest absolute Gasteiger partial charge is 0.347 e. The Labute approximate surface area is 156 Å². The summed E-state index contributed by atoms with van der Waals surface area (Å²) in [5.74, 6) is 0. The molecule has 0 fully saturated rings. The van der Waals surface area contributed by atoms with Gasteiger partial charge in [0.25, 0.3) is 0 Å². The van der Waals surface area contributed by atoms with Gasteiger partial charge in [-0.1, -0.05) is 30.3 Å². The van der Waals surface area contributed by atoms with Gasteiger partial charge in [-0.25, -0.2) is 0 Å². The minimum atomic E-state index is -3.71. The van der Waals surface area contributed by atoms with E-state index in [1.807, 2.05) is 30.3 Å². The second-order valence-corrected chi connectivity index (χ2v) is 10.2. The summed E-state index contributed by atoms with van der Waals surface area (Å²) in [5, 5.41) is 2.14. The van der Waals surface area contributed by atoms with E-state index in [0.717, 1.165) is 5.56 Å². The topological polar surface area (TPSA) is 83.1 Å². The van der Waals surface area contributed by atoms with E-state index in [9.17, 15) is 9.13 Å². The van der Waals surface area contributed by atoms with Crippen LogP contribution < -0.4 is 5.32 Å². The Bertz CT molecular complexity index is 548. The third-order valence-electron chi connectivity index (χ3n) is 3.47. The molecule has 0 amide bonds. The lowest BCUT2D eigenvalue weighted by Gasteiger charge is -2.31. The molecule has 0 saturated carbocycles. The Kier molecular flexibility index (Phi) is 10.9. The van der Waals surface area contributed by atoms with Gasteiger partial charge in [0.2, 0.25) is 0 Å². The molecule has 0 aromatic heterocycles. The standard InChI is InChI=1S/C17H31NO6P2/c1-5-21-25(19,22-6-2)17(26(20,23-7-3)24-8-4)15-18-14-16-12-10-9-11-13-16/h9-13,17-18H,5-8,14-15H2,1-4H3. The quantitative estimate of drug-likeness (QED) is 0.450. The van der Waals surface area contributed by atoms with Crippen molar-refractivity contribution in [1.29, 1.82) is 0 Å². The molecule has 1 rings (SSSR count). The molecule has 1 aromatic rings. The highest BCUT2D eigenvalue weighted by molar-refractivity contribution is 7.72. The van der Waals surface area contributed by atoms with Crippen LogP contribution in [0, 0.1) is 0 Å². The van der Waals surface area contributed by atoms with Gasteiger partial charge in [-0.15, -0.1) is 0 Å². The van der Waals surface area contributed by atoms with E-state index < -0.39 is 20.6 Å². The normalized spacial score (nSPS) is 12.7. The van der Waals surface area contributed by atoms with Crippen molar-refractivity contribution in [3.63, 3.8) is 0 Å². The van der Waals surface area contributed by atoms with E-state index in [1.165, 1.54) is 0 Å². The molecule has 9 heteroatoms. The maximum atomic E-state index is 13.3. The molecule has 0 saturated heterocycles. The fourth-order valence-electron chi connectivity index (χ4n) is 2.48. The van der Waals surface area contributed by atoms with Crippen molar-refractivity contribution in [3.05, 3.63) is 35.9 Å². The average molecular weight is 407 g/mol. The van der Waals surface area contributed by atoms with Gasteiger partial charge in [0, 0.05) is 13.1 Å². The van der Waals surface area contributed by atoms with Crippen LogP contribution in [-0.2, 0) is 33.8 Å². The summed E-state index contributed by atoms with van der Waals surface area (Å²) < 4.78 is 48.4. The first-order valence-electron chi connectivity index (χ1n) is 8.97. The zero-order valence-electron chi connectivity index (χ0n) is 16.1. The van der Waals surface area contributed by atoms with Gasteiger partial charge in [-0.05, 0) is 33.3 Å². The van der Waals surface area contributed by atoms with Crippen LogP contribution in [0.15, 0.2) is 30.3 Å². The van der Waals surface area contributed by atoms with Gasteiger partial charge in [-0.2, -0.15) is 0 Å². The molecule has 0 aliphatic rings. The Balaban J connectivity index is 3.06. The van der Waals surface area contributed by atoms with Gasteiger partial charge in [0.05, 0.1) is 26.4 Å². The summed E-state index contributed by atoms with van der Waals surface area (Å²) in [5.41, 5.74) is 1.05. The molecule has 26 heavy (non-hydrogen) atoms. The van der Waals surface area contributed by atoms with Crippen molar-refractivity contribution in [1.82, 2.24) is 5.32 Å². The van der Waals surface area contributed by atoms with Gasteiger partial charge >= 0.3 is 15.2 Å². The van der Waals surface area contributed by atoms with E-state index in [2.05, 4.69) is 5.32 Å². The Morgan fingerprint density at radius 2 is 1.23 bits per heavy atom. The molecule has 0 unspecified atom stereocenters. The molecular formula is C17H31NO6P2. The first-order chi connectivity index (χ1) is 12.5. The van der Waals surface area contributed by atoms with Crippen LogP contribution in [-0.4, -0.2) is 38.4 Å². The highest BCUT2D eigenvalue weighted by Gasteiger charge is 2.50. The van der Waals surface area contributed by atoms with E-state index in [-0.39, 0.29) is 33.0 Å². The predicted octanol–water partition coefficient (Wildman–Crippen LogP) is 4.63. The first kappa shape index (κ1) is 23.5. The minimum Gasteiger partial charge on any atom is -0.311 e. The fraction of sp³-hybridized carbons (Fsp3) is 0.647. The summed E-state index contributed by atoms with van der Waals surface area (Å²) in [6.45, 7) is 8.18. The SMILES string of the molecule is CCOP(=O)(OCC)C(CNCc1ccccc1)P(=O)(OCC)OCC. The summed E-state index contributed by atoms with van der Waals surface area (Å²) in [6.07, 6.45) is 0. The zero-order valence-corrected chi connectivity index (χ0v) is 17.8. The Morgan fingerprint density at radius 1 is 0.808 bits per heavy atom. The van der Waals surface area contributed by atoms with Crippen molar-refractivity contribution in [3.8, 4) is 0 Å². The maximum absolute atomic E-state index is 13.3. The molecule has 0 aliphatic carbocycles. The number of nitrogens with one attached hydrogen (secondary N) is 1. The maximum Gasteiger partial charge on any atom is 0.347 e. The smallest absolute Gasteiger partial charge is 0.311 e. The summed E-state index contributed by atoms with van der Waals surface area (Å²) in [7, 11) is -7.41. The second kappa shape index (κ2) is 12.0. The van der Waals surface area contributed by atoms with Crippen LogP contribution in [0.4, 0.5) is 0 Å². The number of hydrogen-bond acceptors (Lipinski definition) is 7.